The normalized spacial score (nSPS) is 18.2. The van der Waals surface area contributed by atoms with Crippen LogP contribution in [0.15, 0.2) is 0 Å². The van der Waals surface area contributed by atoms with E-state index in [1.165, 1.54) is 25.7 Å². The molecule has 1 saturated carbocycles. The minimum Gasteiger partial charge on any atom is -0.355 e. The summed E-state index contributed by atoms with van der Waals surface area (Å²) in [4.78, 5) is 11.7. The fraction of sp³-hybridized carbons (Fsp3) is 0.923. The molecule has 100 valence electrons. The van der Waals surface area contributed by atoms with E-state index in [1.54, 1.807) is 0 Å². The largest absolute Gasteiger partial charge is 0.355 e. The molecule has 1 amide bonds. The van der Waals surface area contributed by atoms with Crippen LogP contribution in [0.5, 0.6) is 0 Å². The van der Waals surface area contributed by atoms with E-state index in [0.717, 1.165) is 32.4 Å². The van der Waals surface area contributed by atoms with Gasteiger partial charge in [-0.05, 0) is 38.5 Å². The summed E-state index contributed by atoms with van der Waals surface area (Å²) in [7, 11) is 0. The SMILES string of the molecule is CSC1(CNC(=O)CCCCCN)CCCC1. The topological polar surface area (TPSA) is 55.1 Å². The maximum absolute atomic E-state index is 11.7. The highest BCUT2D eigenvalue weighted by atomic mass is 32.2. The Morgan fingerprint density at radius 3 is 2.59 bits per heavy atom. The zero-order chi connectivity index (χ0) is 12.6. The van der Waals surface area contributed by atoms with Gasteiger partial charge in [-0.3, -0.25) is 4.79 Å². The third-order valence-electron chi connectivity index (χ3n) is 3.66. The fourth-order valence-electron chi connectivity index (χ4n) is 2.43. The van der Waals surface area contributed by atoms with E-state index in [1.807, 2.05) is 11.8 Å². The summed E-state index contributed by atoms with van der Waals surface area (Å²) in [5.74, 6) is 0.211. The lowest BCUT2D eigenvalue weighted by atomic mass is 10.1. The minimum absolute atomic E-state index is 0.211. The molecule has 0 unspecified atom stereocenters. The molecular weight excluding hydrogens is 232 g/mol. The Kier molecular flexibility index (Phi) is 6.97. The monoisotopic (exact) mass is 258 g/mol. The number of nitrogens with two attached hydrogens (primary N) is 1. The number of unbranched alkanes of at least 4 members (excludes halogenated alkanes) is 2. The van der Waals surface area contributed by atoms with Gasteiger partial charge in [-0.15, -0.1) is 0 Å². The highest BCUT2D eigenvalue weighted by molar-refractivity contribution is 8.00. The molecule has 0 radical (unpaired) electrons. The number of amides is 1. The van der Waals surface area contributed by atoms with Gasteiger partial charge in [-0.2, -0.15) is 11.8 Å². The number of carbonyl (C=O) groups is 1. The van der Waals surface area contributed by atoms with Crippen LogP contribution >= 0.6 is 11.8 Å². The Labute approximate surface area is 109 Å². The van der Waals surface area contributed by atoms with Crippen molar-refractivity contribution in [2.24, 2.45) is 5.73 Å². The van der Waals surface area contributed by atoms with Crippen molar-refractivity contribution in [3.05, 3.63) is 0 Å². The van der Waals surface area contributed by atoms with Crippen molar-refractivity contribution in [1.82, 2.24) is 5.32 Å². The van der Waals surface area contributed by atoms with Crippen LogP contribution in [0.3, 0.4) is 0 Å². The van der Waals surface area contributed by atoms with Gasteiger partial charge in [0, 0.05) is 17.7 Å². The van der Waals surface area contributed by atoms with Crippen molar-refractivity contribution < 1.29 is 4.79 Å². The van der Waals surface area contributed by atoms with Gasteiger partial charge in [0.25, 0.3) is 0 Å². The predicted octanol–water partition coefficient (Wildman–Crippen LogP) is 2.30. The first-order chi connectivity index (χ1) is 8.22. The van der Waals surface area contributed by atoms with Gasteiger partial charge in [0.15, 0.2) is 0 Å². The average molecular weight is 258 g/mol. The molecule has 1 aliphatic rings. The molecule has 3 nitrogen and oxygen atoms in total. The van der Waals surface area contributed by atoms with Crippen LogP contribution in [-0.2, 0) is 4.79 Å². The maximum atomic E-state index is 11.7. The molecule has 1 rings (SSSR count). The Morgan fingerprint density at radius 1 is 1.29 bits per heavy atom. The van der Waals surface area contributed by atoms with E-state index in [0.29, 0.717) is 11.2 Å². The summed E-state index contributed by atoms with van der Waals surface area (Å²) in [6.45, 7) is 1.58. The van der Waals surface area contributed by atoms with E-state index < -0.39 is 0 Å². The van der Waals surface area contributed by atoms with Gasteiger partial charge in [-0.25, -0.2) is 0 Å². The van der Waals surface area contributed by atoms with Gasteiger partial charge in [0.1, 0.15) is 0 Å². The van der Waals surface area contributed by atoms with Crippen LogP contribution in [0.2, 0.25) is 0 Å². The smallest absolute Gasteiger partial charge is 0.220 e. The van der Waals surface area contributed by atoms with Crippen molar-refractivity contribution in [3.63, 3.8) is 0 Å². The van der Waals surface area contributed by atoms with E-state index in [-0.39, 0.29) is 5.91 Å². The lowest BCUT2D eigenvalue weighted by Crippen LogP contribution is -2.38. The Hall–Kier alpha value is -0.220. The van der Waals surface area contributed by atoms with Gasteiger partial charge in [0.2, 0.25) is 5.91 Å². The van der Waals surface area contributed by atoms with Crippen molar-refractivity contribution in [3.8, 4) is 0 Å². The molecule has 0 aromatic carbocycles. The molecule has 0 saturated heterocycles. The summed E-state index contributed by atoms with van der Waals surface area (Å²) in [5, 5.41) is 3.10. The third-order valence-corrected chi connectivity index (χ3v) is 5.08. The van der Waals surface area contributed by atoms with Gasteiger partial charge in [0.05, 0.1) is 0 Å². The summed E-state index contributed by atoms with van der Waals surface area (Å²) in [6, 6.07) is 0. The first-order valence-corrected chi connectivity index (χ1v) is 7.97. The van der Waals surface area contributed by atoms with Gasteiger partial charge < -0.3 is 11.1 Å². The summed E-state index contributed by atoms with van der Waals surface area (Å²) in [6.07, 6.45) is 11.0. The standard InChI is InChI=1S/C13H26N2OS/c1-17-13(8-4-5-9-13)11-15-12(16)7-3-2-6-10-14/h2-11,14H2,1H3,(H,15,16). The second-order valence-corrected chi connectivity index (χ2v) is 6.24. The van der Waals surface area contributed by atoms with Crippen LogP contribution in [0.4, 0.5) is 0 Å². The maximum Gasteiger partial charge on any atom is 0.220 e. The first-order valence-electron chi connectivity index (χ1n) is 6.74. The molecule has 0 aromatic rings. The van der Waals surface area contributed by atoms with Crippen LogP contribution in [0, 0.1) is 0 Å². The van der Waals surface area contributed by atoms with Crippen molar-refractivity contribution in [2.75, 3.05) is 19.3 Å². The highest BCUT2D eigenvalue weighted by Gasteiger charge is 2.32. The molecule has 4 heteroatoms. The molecule has 17 heavy (non-hydrogen) atoms. The molecule has 0 atom stereocenters. The Morgan fingerprint density at radius 2 is 2.00 bits per heavy atom. The number of hydrogen-bond donors (Lipinski definition) is 2. The van der Waals surface area contributed by atoms with Crippen molar-refractivity contribution >= 4 is 17.7 Å². The van der Waals surface area contributed by atoms with Crippen LogP contribution in [-0.4, -0.2) is 30.0 Å². The molecule has 0 heterocycles. The molecule has 0 aliphatic heterocycles. The van der Waals surface area contributed by atoms with E-state index in [9.17, 15) is 4.79 Å². The van der Waals surface area contributed by atoms with Crippen LogP contribution < -0.4 is 11.1 Å². The average Bonchev–Trinajstić information content (AvgIpc) is 2.82. The zero-order valence-corrected chi connectivity index (χ0v) is 11.8. The minimum atomic E-state index is 0.211. The van der Waals surface area contributed by atoms with Crippen molar-refractivity contribution in [1.29, 1.82) is 0 Å². The molecule has 0 bridgehead atoms. The van der Waals surface area contributed by atoms with E-state index >= 15 is 0 Å². The van der Waals surface area contributed by atoms with Gasteiger partial charge >= 0.3 is 0 Å². The lowest BCUT2D eigenvalue weighted by molar-refractivity contribution is -0.121. The van der Waals surface area contributed by atoms with Crippen LogP contribution in [0.25, 0.3) is 0 Å². The molecule has 3 N–H and O–H groups in total. The quantitative estimate of drug-likeness (QED) is 0.657. The van der Waals surface area contributed by atoms with E-state index in [2.05, 4.69) is 11.6 Å². The Balaban J connectivity index is 2.14. The summed E-state index contributed by atoms with van der Waals surface area (Å²) >= 11 is 1.92. The molecule has 0 spiro atoms. The zero-order valence-electron chi connectivity index (χ0n) is 11.0. The fourth-order valence-corrected chi connectivity index (χ4v) is 3.34. The third kappa shape index (κ3) is 5.30. The number of nitrogens with one attached hydrogen (secondary N) is 1. The number of hydrogen-bond acceptors (Lipinski definition) is 3. The molecular formula is C13H26N2OS. The molecule has 0 aromatic heterocycles. The molecule has 1 fully saturated rings. The highest BCUT2D eigenvalue weighted by Crippen LogP contribution is 2.39. The van der Waals surface area contributed by atoms with Crippen LogP contribution in [0.1, 0.15) is 51.4 Å². The van der Waals surface area contributed by atoms with Crippen molar-refractivity contribution in [2.45, 2.75) is 56.1 Å². The predicted molar refractivity (Wildman–Crippen MR) is 75.2 cm³/mol. The lowest BCUT2D eigenvalue weighted by Gasteiger charge is -2.26. The second kappa shape index (κ2) is 7.98. The number of rotatable bonds is 8. The second-order valence-electron chi connectivity index (χ2n) is 4.97. The summed E-state index contributed by atoms with van der Waals surface area (Å²) < 4.78 is 0.326. The Bertz CT molecular complexity index is 227. The number of thioether (sulfide) groups is 1. The number of carbonyl (C=O) groups excluding carboxylic acids is 1. The molecule has 1 aliphatic carbocycles. The van der Waals surface area contributed by atoms with E-state index in [4.69, 9.17) is 5.73 Å². The van der Waals surface area contributed by atoms with Gasteiger partial charge in [-0.1, -0.05) is 19.3 Å². The summed E-state index contributed by atoms with van der Waals surface area (Å²) in [5.41, 5.74) is 5.42. The first kappa shape index (κ1) is 14.8.